The van der Waals surface area contributed by atoms with E-state index in [2.05, 4.69) is 10.3 Å². The molecule has 1 amide bonds. The number of para-hydroxylation sites is 1. The third-order valence-electron chi connectivity index (χ3n) is 4.53. The zero-order valence-electron chi connectivity index (χ0n) is 15.2. The van der Waals surface area contributed by atoms with Crippen molar-refractivity contribution in [3.63, 3.8) is 0 Å². The van der Waals surface area contributed by atoms with Crippen LogP contribution < -0.4 is 10.9 Å². The SMILES string of the molecule is O=C(Cn1c(-c2ccccc2)nc2ccccc2c1=O)NCc1ccccc1. The molecule has 1 heterocycles. The average Bonchev–Trinajstić information content (AvgIpc) is 2.75. The van der Waals surface area contributed by atoms with Crippen LogP contribution in [0, 0.1) is 0 Å². The van der Waals surface area contributed by atoms with E-state index in [1.165, 1.54) is 4.57 Å². The molecule has 0 aliphatic heterocycles. The molecule has 4 aromatic rings. The molecule has 0 spiro atoms. The Kier molecular flexibility index (Phi) is 4.97. The van der Waals surface area contributed by atoms with Gasteiger partial charge in [0.2, 0.25) is 5.91 Å². The van der Waals surface area contributed by atoms with Crippen molar-refractivity contribution in [2.24, 2.45) is 0 Å². The Hall–Kier alpha value is -3.73. The first-order valence-electron chi connectivity index (χ1n) is 9.08. The second-order valence-corrected chi connectivity index (χ2v) is 6.47. The van der Waals surface area contributed by atoms with Gasteiger partial charge in [-0.3, -0.25) is 14.2 Å². The monoisotopic (exact) mass is 369 g/mol. The molecule has 0 saturated heterocycles. The van der Waals surface area contributed by atoms with E-state index in [1.807, 2.05) is 72.8 Å². The van der Waals surface area contributed by atoms with Crippen LogP contribution in [0.3, 0.4) is 0 Å². The molecule has 28 heavy (non-hydrogen) atoms. The Labute approximate surface area is 162 Å². The lowest BCUT2D eigenvalue weighted by Gasteiger charge is -2.14. The Morgan fingerprint density at radius 3 is 2.25 bits per heavy atom. The van der Waals surface area contributed by atoms with E-state index in [1.54, 1.807) is 12.1 Å². The summed E-state index contributed by atoms with van der Waals surface area (Å²) in [6.07, 6.45) is 0. The van der Waals surface area contributed by atoms with E-state index >= 15 is 0 Å². The van der Waals surface area contributed by atoms with Gasteiger partial charge in [0, 0.05) is 12.1 Å². The fraction of sp³-hybridized carbons (Fsp3) is 0.0870. The van der Waals surface area contributed by atoms with Gasteiger partial charge in [0.25, 0.3) is 5.56 Å². The highest BCUT2D eigenvalue weighted by Crippen LogP contribution is 2.18. The summed E-state index contributed by atoms with van der Waals surface area (Å²) in [5, 5.41) is 3.37. The van der Waals surface area contributed by atoms with Gasteiger partial charge >= 0.3 is 0 Å². The van der Waals surface area contributed by atoms with Crippen LogP contribution in [-0.2, 0) is 17.9 Å². The predicted molar refractivity (Wildman–Crippen MR) is 110 cm³/mol. The summed E-state index contributed by atoms with van der Waals surface area (Å²) < 4.78 is 1.44. The van der Waals surface area contributed by atoms with Gasteiger partial charge in [0.15, 0.2) is 0 Å². The largest absolute Gasteiger partial charge is 0.350 e. The number of carbonyl (C=O) groups excluding carboxylic acids is 1. The lowest BCUT2D eigenvalue weighted by Crippen LogP contribution is -2.33. The molecule has 0 fully saturated rings. The van der Waals surface area contributed by atoms with Crippen LogP contribution in [0.15, 0.2) is 89.7 Å². The summed E-state index contributed by atoms with van der Waals surface area (Å²) in [4.78, 5) is 30.3. The summed E-state index contributed by atoms with van der Waals surface area (Å²) in [6.45, 7) is 0.323. The molecule has 0 atom stereocenters. The molecule has 0 saturated carbocycles. The van der Waals surface area contributed by atoms with E-state index in [9.17, 15) is 9.59 Å². The van der Waals surface area contributed by atoms with Gasteiger partial charge in [-0.2, -0.15) is 0 Å². The zero-order chi connectivity index (χ0) is 19.3. The van der Waals surface area contributed by atoms with E-state index < -0.39 is 0 Å². The second kappa shape index (κ2) is 7.88. The van der Waals surface area contributed by atoms with Crippen molar-refractivity contribution in [3.05, 3.63) is 101 Å². The van der Waals surface area contributed by atoms with Crippen molar-refractivity contribution in [2.75, 3.05) is 0 Å². The van der Waals surface area contributed by atoms with Crippen LogP contribution in [0.1, 0.15) is 5.56 Å². The molecule has 0 aliphatic rings. The van der Waals surface area contributed by atoms with Gasteiger partial charge in [-0.15, -0.1) is 0 Å². The van der Waals surface area contributed by atoms with E-state index in [-0.39, 0.29) is 18.0 Å². The minimum atomic E-state index is -0.236. The maximum atomic E-state index is 13.1. The number of rotatable bonds is 5. The standard InChI is InChI=1S/C23H19N3O2/c27-21(24-15-17-9-3-1-4-10-17)16-26-22(18-11-5-2-6-12-18)25-20-14-8-7-13-19(20)23(26)28/h1-14H,15-16H2,(H,24,27). The number of hydrogen-bond donors (Lipinski definition) is 1. The second-order valence-electron chi connectivity index (χ2n) is 6.47. The molecular formula is C23H19N3O2. The number of nitrogens with one attached hydrogen (secondary N) is 1. The highest BCUT2D eigenvalue weighted by molar-refractivity contribution is 5.81. The van der Waals surface area contributed by atoms with Crippen LogP contribution in [-0.4, -0.2) is 15.5 Å². The van der Waals surface area contributed by atoms with Gasteiger partial charge in [0.05, 0.1) is 10.9 Å². The van der Waals surface area contributed by atoms with Crippen LogP contribution in [0.5, 0.6) is 0 Å². The number of amides is 1. The molecule has 138 valence electrons. The molecule has 0 aliphatic carbocycles. The minimum absolute atomic E-state index is 0.0896. The van der Waals surface area contributed by atoms with Crippen molar-refractivity contribution < 1.29 is 4.79 Å². The Bertz CT molecular complexity index is 1170. The van der Waals surface area contributed by atoms with Crippen LogP contribution in [0.25, 0.3) is 22.3 Å². The lowest BCUT2D eigenvalue weighted by molar-refractivity contribution is -0.121. The molecule has 1 N–H and O–H groups in total. The number of aromatic nitrogens is 2. The van der Waals surface area contributed by atoms with Crippen LogP contribution in [0.4, 0.5) is 0 Å². The number of benzene rings is 3. The molecule has 4 rings (SSSR count). The minimum Gasteiger partial charge on any atom is -0.350 e. The van der Waals surface area contributed by atoms with Crippen LogP contribution >= 0.6 is 0 Å². The number of fused-ring (bicyclic) bond motifs is 1. The number of nitrogens with zero attached hydrogens (tertiary/aromatic N) is 2. The fourth-order valence-electron chi connectivity index (χ4n) is 3.12. The van der Waals surface area contributed by atoms with Crippen molar-refractivity contribution >= 4 is 16.8 Å². The van der Waals surface area contributed by atoms with Gasteiger partial charge < -0.3 is 5.32 Å². The van der Waals surface area contributed by atoms with E-state index in [0.717, 1.165) is 11.1 Å². The predicted octanol–water partition coefficient (Wildman–Crippen LogP) is 3.38. The van der Waals surface area contributed by atoms with E-state index in [0.29, 0.717) is 23.3 Å². The highest BCUT2D eigenvalue weighted by Gasteiger charge is 2.15. The summed E-state index contributed by atoms with van der Waals surface area (Å²) in [5.41, 5.74) is 2.19. The lowest BCUT2D eigenvalue weighted by atomic mass is 10.1. The Morgan fingerprint density at radius 2 is 1.50 bits per heavy atom. The molecule has 5 heteroatoms. The average molecular weight is 369 g/mol. The third-order valence-corrected chi connectivity index (χ3v) is 4.53. The molecule has 3 aromatic carbocycles. The molecule has 0 unspecified atom stereocenters. The topological polar surface area (TPSA) is 64.0 Å². The number of carbonyl (C=O) groups is 1. The molecular weight excluding hydrogens is 350 g/mol. The number of hydrogen-bond acceptors (Lipinski definition) is 3. The first-order chi connectivity index (χ1) is 13.7. The van der Waals surface area contributed by atoms with Crippen molar-refractivity contribution in [1.82, 2.24) is 14.9 Å². The van der Waals surface area contributed by atoms with E-state index in [4.69, 9.17) is 0 Å². The first-order valence-corrected chi connectivity index (χ1v) is 9.08. The summed E-state index contributed by atoms with van der Waals surface area (Å²) >= 11 is 0. The quantitative estimate of drug-likeness (QED) is 0.587. The fourth-order valence-corrected chi connectivity index (χ4v) is 3.12. The van der Waals surface area contributed by atoms with Gasteiger partial charge in [-0.05, 0) is 17.7 Å². The first kappa shape index (κ1) is 17.7. The van der Waals surface area contributed by atoms with Gasteiger partial charge in [-0.25, -0.2) is 4.98 Å². The van der Waals surface area contributed by atoms with Crippen molar-refractivity contribution in [1.29, 1.82) is 0 Å². The van der Waals surface area contributed by atoms with Crippen molar-refractivity contribution in [3.8, 4) is 11.4 Å². The molecule has 0 bridgehead atoms. The molecule has 5 nitrogen and oxygen atoms in total. The zero-order valence-corrected chi connectivity index (χ0v) is 15.2. The highest BCUT2D eigenvalue weighted by atomic mass is 16.2. The summed E-state index contributed by atoms with van der Waals surface area (Å²) in [7, 11) is 0. The van der Waals surface area contributed by atoms with Crippen molar-refractivity contribution in [2.45, 2.75) is 13.1 Å². The normalized spacial score (nSPS) is 10.7. The van der Waals surface area contributed by atoms with Gasteiger partial charge in [-0.1, -0.05) is 72.8 Å². The Morgan fingerprint density at radius 1 is 0.857 bits per heavy atom. The van der Waals surface area contributed by atoms with Crippen LogP contribution in [0.2, 0.25) is 0 Å². The smallest absolute Gasteiger partial charge is 0.262 e. The summed E-state index contributed by atoms with van der Waals surface area (Å²) in [6, 6.07) is 26.3. The summed E-state index contributed by atoms with van der Waals surface area (Å²) in [5.74, 6) is 0.249. The van der Waals surface area contributed by atoms with Gasteiger partial charge in [0.1, 0.15) is 12.4 Å². The third kappa shape index (κ3) is 3.69. The molecule has 0 radical (unpaired) electrons. The maximum absolute atomic E-state index is 13.1. The molecule has 1 aromatic heterocycles. The Balaban J connectivity index is 1.69. The maximum Gasteiger partial charge on any atom is 0.262 e.